The molecule has 1 aromatic rings. The first-order chi connectivity index (χ1) is 14.1. The summed E-state index contributed by atoms with van der Waals surface area (Å²) in [7, 11) is 1.62. The van der Waals surface area contributed by atoms with Gasteiger partial charge >= 0.3 is 5.97 Å². The summed E-state index contributed by atoms with van der Waals surface area (Å²) < 4.78 is 11.3. The predicted molar refractivity (Wildman–Crippen MR) is 110 cm³/mol. The molecule has 154 valence electrons. The summed E-state index contributed by atoms with van der Waals surface area (Å²) in [6.07, 6.45) is 7.39. The molecule has 1 fully saturated rings. The van der Waals surface area contributed by atoms with Gasteiger partial charge in [-0.2, -0.15) is 0 Å². The van der Waals surface area contributed by atoms with Crippen LogP contribution in [0.2, 0.25) is 0 Å². The molecule has 4 rings (SSSR count). The van der Waals surface area contributed by atoms with E-state index in [1.165, 1.54) is 6.42 Å². The molecule has 2 aliphatic carbocycles. The number of methoxy groups -OCH3 is 1. The highest BCUT2D eigenvalue weighted by Crippen LogP contribution is 2.43. The molecule has 0 radical (unpaired) electrons. The number of carbonyl (C=O) groups is 2. The third kappa shape index (κ3) is 3.96. The molecule has 3 aliphatic rings. The minimum Gasteiger partial charge on any atom is -0.497 e. The molecule has 1 heterocycles. The van der Waals surface area contributed by atoms with E-state index in [0.717, 1.165) is 55.5 Å². The standard InChI is InChI=1S/C24H29NO4/c1-15-21(24(27)29-17-9-4-3-5-10-17)22(16-8-6-11-18(14-16)28-2)23-19(25-15)12-7-13-20(23)26/h6,8,11,14,17,22,25H,3-5,7,9-10,12-13H2,1-2H3/t22-/m1/s1. The second-order valence-corrected chi connectivity index (χ2v) is 8.21. The summed E-state index contributed by atoms with van der Waals surface area (Å²) in [6.45, 7) is 1.91. The Labute approximate surface area is 172 Å². The van der Waals surface area contributed by atoms with E-state index in [1.54, 1.807) is 7.11 Å². The lowest BCUT2D eigenvalue weighted by atomic mass is 9.75. The number of Topliss-reactive ketones (excluding diaryl/α,β-unsaturated/α-hetero) is 1. The van der Waals surface area contributed by atoms with Crippen molar-refractivity contribution in [1.82, 2.24) is 5.32 Å². The van der Waals surface area contributed by atoms with Crippen molar-refractivity contribution in [3.05, 3.63) is 52.4 Å². The summed E-state index contributed by atoms with van der Waals surface area (Å²) in [4.78, 5) is 26.2. The zero-order chi connectivity index (χ0) is 20.4. The van der Waals surface area contributed by atoms with Crippen molar-refractivity contribution >= 4 is 11.8 Å². The number of hydrogen-bond acceptors (Lipinski definition) is 5. The highest BCUT2D eigenvalue weighted by atomic mass is 16.5. The van der Waals surface area contributed by atoms with Gasteiger partial charge in [-0.05, 0) is 63.1 Å². The van der Waals surface area contributed by atoms with E-state index >= 15 is 0 Å². The fraction of sp³-hybridized carbons (Fsp3) is 0.500. The maximum Gasteiger partial charge on any atom is 0.337 e. The predicted octanol–water partition coefficient (Wildman–Crippen LogP) is 4.54. The number of nitrogens with one attached hydrogen (secondary N) is 1. The highest BCUT2D eigenvalue weighted by Gasteiger charge is 2.39. The van der Waals surface area contributed by atoms with Crippen LogP contribution in [0.25, 0.3) is 0 Å². The molecule has 1 aliphatic heterocycles. The van der Waals surface area contributed by atoms with Crippen molar-refractivity contribution in [2.24, 2.45) is 0 Å². The number of ether oxygens (including phenoxy) is 2. The van der Waals surface area contributed by atoms with Crippen LogP contribution in [0, 0.1) is 0 Å². The molecule has 0 amide bonds. The average Bonchev–Trinajstić information content (AvgIpc) is 2.73. The van der Waals surface area contributed by atoms with Crippen LogP contribution in [-0.4, -0.2) is 25.0 Å². The van der Waals surface area contributed by atoms with Gasteiger partial charge in [-0.3, -0.25) is 4.79 Å². The minimum absolute atomic E-state index is 0.0278. The average molecular weight is 395 g/mol. The Morgan fingerprint density at radius 1 is 1.10 bits per heavy atom. The van der Waals surface area contributed by atoms with Gasteiger partial charge in [0.2, 0.25) is 0 Å². The number of carbonyl (C=O) groups excluding carboxylic acids is 2. The maximum absolute atomic E-state index is 13.3. The van der Waals surface area contributed by atoms with Crippen LogP contribution >= 0.6 is 0 Å². The summed E-state index contributed by atoms with van der Waals surface area (Å²) >= 11 is 0. The Hall–Kier alpha value is -2.56. The topological polar surface area (TPSA) is 64.6 Å². The molecule has 29 heavy (non-hydrogen) atoms. The van der Waals surface area contributed by atoms with Crippen LogP contribution in [-0.2, 0) is 14.3 Å². The van der Waals surface area contributed by atoms with Crippen molar-refractivity contribution < 1.29 is 19.1 Å². The first-order valence-corrected chi connectivity index (χ1v) is 10.7. The summed E-state index contributed by atoms with van der Waals surface area (Å²) in [5, 5.41) is 3.35. The molecular weight excluding hydrogens is 366 g/mol. The van der Waals surface area contributed by atoms with E-state index < -0.39 is 5.92 Å². The summed E-state index contributed by atoms with van der Waals surface area (Å²) in [6, 6.07) is 7.66. The maximum atomic E-state index is 13.3. The largest absolute Gasteiger partial charge is 0.497 e. The fourth-order valence-corrected chi connectivity index (χ4v) is 4.81. The van der Waals surface area contributed by atoms with E-state index in [0.29, 0.717) is 23.3 Å². The molecule has 0 spiro atoms. The van der Waals surface area contributed by atoms with Gasteiger partial charge in [0.05, 0.1) is 12.7 Å². The van der Waals surface area contributed by atoms with Gasteiger partial charge in [-0.15, -0.1) is 0 Å². The third-order valence-corrected chi connectivity index (χ3v) is 6.25. The van der Waals surface area contributed by atoms with Crippen LogP contribution in [0.15, 0.2) is 46.8 Å². The van der Waals surface area contributed by atoms with Crippen LogP contribution in [0.5, 0.6) is 5.75 Å². The van der Waals surface area contributed by atoms with E-state index in [2.05, 4.69) is 5.32 Å². The Morgan fingerprint density at radius 3 is 2.66 bits per heavy atom. The Bertz CT molecular complexity index is 877. The molecule has 0 unspecified atom stereocenters. The van der Waals surface area contributed by atoms with Crippen LogP contribution < -0.4 is 10.1 Å². The van der Waals surface area contributed by atoms with E-state index in [9.17, 15) is 9.59 Å². The number of hydrogen-bond donors (Lipinski definition) is 1. The van der Waals surface area contributed by atoms with Crippen LogP contribution in [0.4, 0.5) is 0 Å². The normalized spacial score (nSPS) is 22.8. The molecule has 1 aromatic carbocycles. The number of ketones is 1. The molecule has 0 saturated heterocycles. The summed E-state index contributed by atoms with van der Waals surface area (Å²) in [5.41, 5.74) is 3.89. The van der Waals surface area contributed by atoms with Gasteiger partial charge in [-0.25, -0.2) is 4.79 Å². The Balaban J connectivity index is 1.74. The van der Waals surface area contributed by atoms with E-state index in [1.807, 2.05) is 31.2 Å². The minimum atomic E-state index is -0.412. The molecule has 0 aromatic heterocycles. The molecule has 1 atom stereocenters. The third-order valence-electron chi connectivity index (χ3n) is 6.25. The molecule has 5 heteroatoms. The number of benzene rings is 1. The number of esters is 1. The van der Waals surface area contributed by atoms with Crippen molar-refractivity contribution in [3.8, 4) is 5.75 Å². The first kappa shape index (κ1) is 19.7. The Morgan fingerprint density at radius 2 is 1.90 bits per heavy atom. The van der Waals surface area contributed by atoms with Gasteiger partial charge in [0.1, 0.15) is 11.9 Å². The van der Waals surface area contributed by atoms with E-state index in [4.69, 9.17) is 9.47 Å². The molecule has 5 nitrogen and oxygen atoms in total. The van der Waals surface area contributed by atoms with Gasteiger partial charge in [-0.1, -0.05) is 18.6 Å². The number of rotatable bonds is 4. The van der Waals surface area contributed by atoms with Gasteiger partial charge < -0.3 is 14.8 Å². The Kier molecular flexibility index (Phi) is 5.74. The van der Waals surface area contributed by atoms with Crippen molar-refractivity contribution in [2.75, 3.05) is 7.11 Å². The SMILES string of the molecule is COc1cccc([C@@H]2C(C(=O)OC3CCCCC3)=C(C)NC3=C2C(=O)CCC3)c1. The molecule has 0 bridgehead atoms. The lowest BCUT2D eigenvalue weighted by molar-refractivity contribution is -0.146. The molecule has 1 saturated carbocycles. The van der Waals surface area contributed by atoms with Crippen molar-refractivity contribution in [3.63, 3.8) is 0 Å². The second kappa shape index (κ2) is 8.44. The quantitative estimate of drug-likeness (QED) is 0.759. The van der Waals surface area contributed by atoms with Gasteiger partial charge in [0.15, 0.2) is 5.78 Å². The lowest BCUT2D eigenvalue weighted by Crippen LogP contribution is -2.35. The fourth-order valence-electron chi connectivity index (χ4n) is 4.81. The highest BCUT2D eigenvalue weighted by molar-refractivity contribution is 6.03. The second-order valence-electron chi connectivity index (χ2n) is 8.21. The zero-order valence-corrected chi connectivity index (χ0v) is 17.3. The first-order valence-electron chi connectivity index (χ1n) is 10.7. The van der Waals surface area contributed by atoms with Crippen LogP contribution in [0.1, 0.15) is 69.8 Å². The van der Waals surface area contributed by atoms with E-state index in [-0.39, 0.29) is 17.9 Å². The number of dihydropyridines is 1. The number of allylic oxidation sites excluding steroid dienone is 3. The monoisotopic (exact) mass is 395 g/mol. The van der Waals surface area contributed by atoms with Gasteiger partial charge in [0, 0.05) is 29.3 Å². The van der Waals surface area contributed by atoms with Crippen LogP contribution in [0.3, 0.4) is 0 Å². The van der Waals surface area contributed by atoms with Crippen molar-refractivity contribution in [1.29, 1.82) is 0 Å². The smallest absolute Gasteiger partial charge is 0.337 e. The molecular formula is C24H29NO4. The summed E-state index contributed by atoms with van der Waals surface area (Å²) in [5.74, 6) is 0.107. The van der Waals surface area contributed by atoms with Crippen molar-refractivity contribution in [2.45, 2.75) is 70.3 Å². The molecule has 1 N–H and O–H groups in total. The zero-order valence-electron chi connectivity index (χ0n) is 17.3. The lowest BCUT2D eigenvalue weighted by Gasteiger charge is -2.35. The van der Waals surface area contributed by atoms with Gasteiger partial charge in [0.25, 0.3) is 0 Å².